The predicted molar refractivity (Wildman–Crippen MR) is 122 cm³/mol. The van der Waals surface area contributed by atoms with E-state index >= 15 is 0 Å². The summed E-state index contributed by atoms with van der Waals surface area (Å²) >= 11 is 0. The molecule has 1 amide bonds. The average Bonchev–Trinajstić information content (AvgIpc) is 3.37. The van der Waals surface area contributed by atoms with Gasteiger partial charge in [0.2, 0.25) is 5.69 Å². The molecule has 0 atom stereocenters. The molecule has 1 fully saturated rings. The van der Waals surface area contributed by atoms with Crippen molar-refractivity contribution in [3.63, 3.8) is 0 Å². The second kappa shape index (κ2) is 7.39. The number of likely N-dealkylation sites (tertiary alicyclic amines) is 1. The number of aromatic nitrogens is 4. The van der Waals surface area contributed by atoms with Crippen molar-refractivity contribution in [3.05, 3.63) is 41.5 Å². The zero-order valence-corrected chi connectivity index (χ0v) is 18.9. The number of piperidine rings is 1. The van der Waals surface area contributed by atoms with E-state index in [-0.39, 0.29) is 23.1 Å². The van der Waals surface area contributed by atoms with E-state index in [1.54, 1.807) is 10.8 Å². The molecule has 0 saturated carbocycles. The minimum Gasteiger partial charge on any atom is -0.354 e. The van der Waals surface area contributed by atoms with Crippen LogP contribution in [0, 0.1) is 5.41 Å². The molecule has 1 N–H and O–H groups in total. The Morgan fingerprint density at radius 1 is 1.25 bits per heavy atom. The number of pyridine rings is 1. The number of amides is 1. The molecule has 1 aliphatic carbocycles. The van der Waals surface area contributed by atoms with Crippen molar-refractivity contribution in [1.82, 2.24) is 24.6 Å². The van der Waals surface area contributed by atoms with Gasteiger partial charge in [-0.25, -0.2) is 9.56 Å². The van der Waals surface area contributed by atoms with Crippen molar-refractivity contribution in [1.29, 1.82) is 0 Å². The second-order valence-corrected chi connectivity index (χ2v) is 9.62. The van der Waals surface area contributed by atoms with Gasteiger partial charge in [0.05, 0.1) is 23.5 Å². The molecule has 1 spiro atoms. The van der Waals surface area contributed by atoms with Crippen molar-refractivity contribution < 1.29 is 14.2 Å². The van der Waals surface area contributed by atoms with Crippen LogP contribution in [0.4, 0.5) is 5.69 Å². The van der Waals surface area contributed by atoms with Gasteiger partial charge in [-0.15, -0.1) is 0 Å². The number of rotatable bonds is 3. The number of fused-ring (bicyclic) bond motifs is 2. The Kier molecular flexibility index (Phi) is 4.76. The molecule has 0 unspecified atom stereocenters. The molecule has 1 saturated heterocycles. The standard InChI is InChI=1S/C24H28N6O2/c1-15(2)30-22-17(13-27-30)10-24(11-20(22)31)5-7-29(8-6-24)23(32)16-9-18-21(26-12-16)19(14-25-18)28(3)4/h9,12-15H,3,5-8,10-11H2,1-2,4H3/p+1. The van der Waals surface area contributed by atoms with Crippen LogP contribution in [0.25, 0.3) is 11.0 Å². The summed E-state index contributed by atoms with van der Waals surface area (Å²) in [4.78, 5) is 35.7. The third-order valence-corrected chi connectivity index (χ3v) is 6.99. The van der Waals surface area contributed by atoms with Gasteiger partial charge in [0.1, 0.15) is 19.5 Å². The molecule has 3 aromatic rings. The zero-order valence-electron chi connectivity index (χ0n) is 18.9. The van der Waals surface area contributed by atoms with E-state index in [4.69, 9.17) is 0 Å². The summed E-state index contributed by atoms with van der Waals surface area (Å²) < 4.78 is 3.60. The summed E-state index contributed by atoms with van der Waals surface area (Å²) in [6.07, 6.45) is 8.40. The molecule has 1 aliphatic heterocycles. The summed E-state index contributed by atoms with van der Waals surface area (Å²) in [5, 5.41) is 4.46. The first-order valence-electron chi connectivity index (χ1n) is 11.2. The van der Waals surface area contributed by atoms with Crippen LogP contribution in [0.2, 0.25) is 0 Å². The summed E-state index contributed by atoms with van der Waals surface area (Å²) in [7, 11) is 1.86. The summed E-state index contributed by atoms with van der Waals surface area (Å²) in [5.74, 6) is 0.175. The molecular weight excluding hydrogens is 404 g/mol. The van der Waals surface area contributed by atoms with Crippen molar-refractivity contribution in [3.8, 4) is 0 Å². The van der Waals surface area contributed by atoms with E-state index in [0.29, 0.717) is 25.1 Å². The average molecular weight is 434 g/mol. The third kappa shape index (κ3) is 3.25. The lowest BCUT2D eigenvalue weighted by molar-refractivity contribution is -0.393. The quantitative estimate of drug-likeness (QED) is 0.507. The lowest BCUT2D eigenvalue weighted by Crippen LogP contribution is -2.46. The molecule has 5 rings (SSSR count). The Bertz CT molecular complexity index is 1240. The number of carbonyl (C=O) groups excluding carboxylic acids is 2. The minimum absolute atomic E-state index is 0.0103. The predicted octanol–water partition coefficient (Wildman–Crippen LogP) is 3.37. The number of hydrogen-bond donors (Lipinski definition) is 1. The Hall–Kier alpha value is -3.29. The normalized spacial score (nSPS) is 17.9. The first-order valence-corrected chi connectivity index (χ1v) is 11.2. The lowest BCUT2D eigenvalue weighted by Gasteiger charge is -2.43. The summed E-state index contributed by atoms with van der Waals surface area (Å²) in [6, 6.07) is 2.03. The number of hydrogen-bond acceptors (Lipinski definition) is 4. The molecule has 8 heteroatoms. The molecule has 166 valence electrons. The maximum absolute atomic E-state index is 13.2. The van der Waals surface area contributed by atoms with Crippen molar-refractivity contribution in [2.75, 3.05) is 20.1 Å². The fourth-order valence-electron chi connectivity index (χ4n) is 5.24. The van der Waals surface area contributed by atoms with Gasteiger partial charge in [-0.2, -0.15) is 5.10 Å². The molecular formula is C24H29N6O2+. The van der Waals surface area contributed by atoms with Crippen molar-refractivity contribution in [2.24, 2.45) is 5.41 Å². The maximum atomic E-state index is 13.2. The van der Waals surface area contributed by atoms with Gasteiger partial charge in [-0.3, -0.25) is 14.3 Å². The highest BCUT2D eigenvalue weighted by molar-refractivity contribution is 5.99. The van der Waals surface area contributed by atoms with Gasteiger partial charge in [-0.1, -0.05) is 0 Å². The van der Waals surface area contributed by atoms with E-state index in [9.17, 15) is 9.59 Å². The number of nitrogens with zero attached hydrogens (tertiary/aromatic N) is 5. The number of Topliss-reactive ketones (excluding diaryl/α,β-unsaturated/α-hetero) is 1. The Balaban J connectivity index is 1.31. The number of aromatic amines is 1. The van der Waals surface area contributed by atoms with Crippen LogP contribution in [-0.4, -0.2) is 67.8 Å². The molecule has 0 aromatic carbocycles. The van der Waals surface area contributed by atoms with E-state index in [1.807, 2.05) is 48.9 Å². The molecule has 0 radical (unpaired) electrons. The van der Waals surface area contributed by atoms with E-state index in [1.165, 1.54) is 0 Å². The highest BCUT2D eigenvalue weighted by atomic mass is 16.2. The second-order valence-electron chi connectivity index (χ2n) is 9.62. The molecule has 4 heterocycles. The van der Waals surface area contributed by atoms with E-state index < -0.39 is 0 Å². The van der Waals surface area contributed by atoms with Crippen LogP contribution in [0.1, 0.15) is 65.6 Å². The number of carbonyl (C=O) groups is 2. The molecule has 32 heavy (non-hydrogen) atoms. The highest BCUT2D eigenvalue weighted by Crippen LogP contribution is 2.44. The SMILES string of the molecule is C=[N+](C)c1c[nH]c2cc(C(=O)N3CCC4(CC3)CC(=O)c3c(cnn3C(C)C)C4)cnc12. The van der Waals surface area contributed by atoms with E-state index in [2.05, 4.69) is 21.8 Å². The fourth-order valence-corrected chi connectivity index (χ4v) is 5.24. The monoisotopic (exact) mass is 433 g/mol. The maximum Gasteiger partial charge on any atom is 0.255 e. The first-order chi connectivity index (χ1) is 15.3. The van der Waals surface area contributed by atoms with Gasteiger partial charge in [-0.05, 0) is 44.6 Å². The largest absolute Gasteiger partial charge is 0.354 e. The van der Waals surface area contributed by atoms with Crippen molar-refractivity contribution in [2.45, 2.75) is 45.6 Å². The Morgan fingerprint density at radius 2 is 2.00 bits per heavy atom. The van der Waals surface area contributed by atoms with Crippen molar-refractivity contribution >= 4 is 35.1 Å². The number of H-pyrrole nitrogens is 1. The number of ketones is 1. The third-order valence-electron chi connectivity index (χ3n) is 6.99. The fraction of sp³-hybridized carbons (Fsp3) is 0.458. The van der Waals surface area contributed by atoms with Gasteiger partial charge < -0.3 is 9.88 Å². The highest BCUT2D eigenvalue weighted by Gasteiger charge is 2.43. The summed E-state index contributed by atoms with van der Waals surface area (Å²) in [6.45, 7) is 9.29. The smallest absolute Gasteiger partial charge is 0.255 e. The summed E-state index contributed by atoms with van der Waals surface area (Å²) in [5.41, 5.74) is 4.86. The lowest BCUT2D eigenvalue weighted by atomic mass is 9.67. The van der Waals surface area contributed by atoms with Gasteiger partial charge in [0, 0.05) is 37.3 Å². The van der Waals surface area contributed by atoms with Crippen LogP contribution in [0.15, 0.2) is 24.7 Å². The topological polar surface area (TPSA) is 86.9 Å². The van der Waals surface area contributed by atoms with Gasteiger partial charge in [0.15, 0.2) is 11.3 Å². The van der Waals surface area contributed by atoms with Gasteiger partial charge in [0.25, 0.3) is 5.91 Å². The van der Waals surface area contributed by atoms with Crippen LogP contribution in [0.3, 0.4) is 0 Å². The Morgan fingerprint density at radius 3 is 2.69 bits per heavy atom. The van der Waals surface area contributed by atoms with Crippen LogP contribution in [0.5, 0.6) is 0 Å². The van der Waals surface area contributed by atoms with E-state index in [0.717, 1.165) is 47.2 Å². The molecule has 8 nitrogen and oxygen atoms in total. The van der Waals surface area contributed by atoms with Crippen LogP contribution < -0.4 is 0 Å². The van der Waals surface area contributed by atoms with Crippen LogP contribution >= 0.6 is 0 Å². The number of nitrogens with one attached hydrogen (secondary N) is 1. The Labute approximate surface area is 186 Å². The van der Waals surface area contributed by atoms with Gasteiger partial charge >= 0.3 is 0 Å². The molecule has 2 aliphatic rings. The molecule has 3 aromatic heterocycles. The minimum atomic E-state index is -0.0685. The molecule has 0 bridgehead atoms. The first kappa shape index (κ1) is 20.6. The van der Waals surface area contributed by atoms with Crippen LogP contribution in [-0.2, 0) is 6.42 Å². The zero-order chi connectivity index (χ0) is 22.6.